The molecule has 178 valence electrons. The van der Waals surface area contributed by atoms with Crippen molar-refractivity contribution in [2.75, 3.05) is 5.32 Å². The number of rotatable bonds is 8. The highest BCUT2D eigenvalue weighted by atomic mass is 79.9. The zero-order valence-electron chi connectivity index (χ0n) is 19.0. The summed E-state index contributed by atoms with van der Waals surface area (Å²) in [6.07, 6.45) is 4.89. The number of nitrogens with one attached hydrogen (secondary N) is 2. The number of hydrogen-bond donors (Lipinski definition) is 2. The fourth-order valence-corrected chi connectivity index (χ4v) is 4.31. The molecule has 0 aliphatic rings. The number of ketones is 1. The minimum atomic E-state index is -0.490. The second-order valence-corrected chi connectivity index (χ2v) is 9.41. The summed E-state index contributed by atoms with van der Waals surface area (Å²) < 4.78 is 0.846. The average molecular weight is 557 g/mol. The van der Waals surface area contributed by atoms with Gasteiger partial charge < -0.3 is 10.6 Å². The Kier molecular flexibility index (Phi) is 8.39. The minimum absolute atomic E-state index is 0.0841. The second kappa shape index (κ2) is 12.1. The number of carbonyl (C=O) groups excluding carboxylic acids is 3. The van der Waals surface area contributed by atoms with E-state index in [4.69, 9.17) is 0 Å². The molecule has 36 heavy (non-hydrogen) atoms. The van der Waals surface area contributed by atoms with E-state index < -0.39 is 11.8 Å². The van der Waals surface area contributed by atoms with Crippen LogP contribution in [0.5, 0.6) is 0 Å². The molecule has 7 heteroatoms. The molecular weight excluding hydrogens is 536 g/mol. The molecule has 0 unspecified atom stereocenters. The normalized spacial score (nSPS) is 11.3. The first-order valence-electron chi connectivity index (χ1n) is 11.0. The van der Waals surface area contributed by atoms with Crippen LogP contribution >= 0.6 is 27.3 Å². The van der Waals surface area contributed by atoms with Gasteiger partial charge in [0, 0.05) is 21.3 Å². The number of allylic oxidation sites excluding steroid dienone is 1. The molecule has 0 saturated heterocycles. The van der Waals surface area contributed by atoms with Crippen molar-refractivity contribution >= 4 is 62.7 Å². The molecule has 4 aromatic rings. The van der Waals surface area contributed by atoms with Gasteiger partial charge in [0.15, 0.2) is 5.78 Å². The maximum Gasteiger partial charge on any atom is 0.272 e. The van der Waals surface area contributed by atoms with Gasteiger partial charge in [0.05, 0.1) is 0 Å². The molecule has 0 saturated carbocycles. The molecular formula is C29H21BrN2O3S. The van der Waals surface area contributed by atoms with Crippen LogP contribution in [-0.2, 0) is 4.79 Å². The van der Waals surface area contributed by atoms with E-state index in [2.05, 4.69) is 26.6 Å². The standard InChI is InChI=1S/C29H21BrN2O3S/c30-24-8-4-5-21(17-24)18-26(32-28(34)23-6-2-1-3-7-23)29(35)31-25-12-10-22(11-13-25)27(33)14-9-20-15-16-36-19-20/h1-19H,(H,31,35)(H,32,34)/b14-9+,26-18-. The molecule has 0 aliphatic heterocycles. The zero-order chi connectivity index (χ0) is 25.3. The lowest BCUT2D eigenvalue weighted by Crippen LogP contribution is -2.30. The summed E-state index contributed by atoms with van der Waals surface area (Å²) in [5.74, 6) is -1.02. The predicted octanol–water partition coefficient (Wildman–Crippen LogP) is 6.82. The fraction of sp³-hybridized carbons (Fsp3) is 0. The van der Waals surface area contributed by atoms with Crippen molar-refractivity contribution in [1.29, 1.82) is 0 Å². The summed E-state index contributed by atoms with van der Waals surface area (Å²) in [6, 6.07) is 24.6. The Morgan fingerprint density at radius 3 is 2.28 bits per heavy atom. The van der Waals surface area contributed by atoms with Crippen LogP contribution in [0.4, 0.5) is 5.69 Å². The number of thiophene rings is 1. The van der Waals surface area contributed by atoms with Crippen LogP contribution < -0.4 is 10.6 Å². The molecule has 5 nitrogen and oxygen atoms in total. The van der Waals surface area contributed by atoms with Crippen LogP contribution in [0.2, 0.25) is 0 Å². The second-order valence-electron chi connectivity index (χ2n) is 7.72. The number of halogens is 1. The van der Waals surface area contributed by atoms with Gasteiger partial charge in [0.2, 0.25) is 0 Å². The first kappa shape index (κ1) is 25.0. The third-order valence-electron chi connectivity index (χ3n) is 5.09. The van der Waals surface area contributed by atoms with Gasteiger partial charge in [-0.05, 0) is 88.6 Å². The highest BCUT2D eigenvalue weighted by Crippen LogP contribution is 2.17. The maximum atomic E-state index is 13.1. The number of carbonyl (C=O) groups is 3. The molecule has 0 fully saturated rings. The monoisotopic (exact) mass is 556 g/mol. The summed E-state index contributed by atoms with van der Waals surface area (Å²) in [5.41, 5.74) is 3.22. The van der Waals surface area contributed by atoms with Gasteiger partial charge in [0.1, 0.15) is 5.70 Å². The number of anilines is 1. The van der Waals surface area contributed by atoms with Crippen LogP contribution in [0.15, 0.2) is 112 Å². The molecule has 0 aliphatic carbocycles. The Balaban J connectivity index is 1.50. The minimum Gasteiger partial charge on any atom is -0.321 e. The van der Waals surface area contributed by atoms with Gasteiger partial charge in [0.25, 0.3) is 11.8 Å². The molecule has 1 aromatic heterocycles. The van der Waals surface area contributed by atoms with Gasteiger partial charge >= 0.3 is 0 Å². The van der Waals surface area contributed by atoms with Gasteiger partial charge in [-0.1, -0.05) is 52.3 Å². The molecule has 1 heterocycles. The fourth-order valence-electron chi connectivity index (χ4n) is 3.26. The molecule has 0 spiro atoms. The van der Waals surface area contributed by atoms with Crippen molar-refractivity contribution < 1.29 is 14.4 Å². The highest BCUT2D eigenvalue weighted by Gasteiger charge is 2.15. The van der Waals surface area contributed by atoms with E-state index in [9.17, 15) is 14.4 Å². The summed E-state index contributed by atoms with van der Waals surface area (Å²) in [7, 11) is 0. The largest absolute Gasteiger partial charge is 0.321 e. The zero-order valence-corrected chi connectivity index (χ0v) is 21.4. The quantitative estimate of drug-likeness (QED) is 0.185. The SMILES string of the molecule is O=C(Nc1ccc(C(=O)/C=C/c2ccsc2)cc1)/C(=C/c1cccc(Br)c1)NC(=O)c1ccccc1. The Morgan fingerprint density at radius 1 is 0.806 bits per heavy atom. The first-order chi connectivity index (χ1) is 17.5. The van der Waals surface area contributed by atoms with Crippen molar-refractivity contribution in [1.82, 2.24) is 5.32 Å². The van der Waals surface area contributed by atoms with E-state index in [0.717, 1.165) is 15.6 Å². The molecule has 0 atom stereocenters. The molecule has 2 amide bonds. The van der Waals surface area contributed by atoms with Crippen molar-refractivity contribution in [2.24, 2.45) is 0 Å². The summed E-state index contributed by atoms with van der Waals surface area (Å²) >= 11 is 4.99. The van der Waals surface area contributed by atoms with Crippen LogP contribution in [0.3, 0.4) is 0 Å². The molecule has 4 rings (SSSR count). The lowest BCUT2D eigenvalue weighted by molar-refractivity contribution is -0.113. The molecule has 0 radical (unpaired) electrons. The molecule has 3 aromatic carbocycles. The average Bonchev–Trinajstić information content (AvgIpc) is 3.41. The predicted molar refractivity (Wildman–Crippen MR) is 149 cm³/mol. The van der Waals surface area contributed by atoms with Crippen LogP contribution in [0.25, 0.3) is 12.2 Å². The Hall–Kier alpha value is -4.07. The number of hydrogen-bond acceptors (Lipinski definition) is 4. The lowest BCUT2D eigenvalue weighted by Gasteiger charge is -2.12. The summed E-state index contributed by atoms with van der Waals surface area (Å²) in [6.45, 7) is 0. The Morgan fingerprint density at radius 2 is 1.58 bits per heavy atom. The summed E-state index contributed by atoms with van der Waals surface area (Å²) in [5, 5.41) is 9.41. The van der Waals surface area contributed by atoms with Crippen LogP contribution in [0.1, 0.15) is 31.8 Å². The van der Waals surface area contributed by atoms with E-state index in [-0.39, 0.29) is 11.5 Å². The van der Waals surface area contributed by atoms with Crippen molar-refractivity contribution in [3.63, 3.8) is 0 Å². The van der Waals surface area contributed by atoms with Gasteiger partial charge in [-0.3, -0.25) is 14.4 Å². The van der Waals surface area contributed by atoms with E-state index in [1.54, 1.807) is 72.0 Å². The van der Waals surface area contributed by atoms with Crippen molar-refractivity contribution in [3.8, 4) is 0 Å². The van der Waals surface area contributed by atoms with Crippen molar-refractivity contribution in [2.45, 2.75) is 0 Å². The topological polar surface area (TPSA) is 75.3 Å². The first-order valence-corrected chi connectivity index (χ1v) is 12.7. The van der Waals surface area contributed by atoms with E-state index in [1.807, 2.05) is 47.2 Å². The van der Waals surface area contributed by atoms with Crippen LogP contribution in [-0.4, -0.2) is 17.6 Å². The number of benzene rings is 3. The molecule has 2 N–H and O–H groups in total. The van der Waals surface area contributed by atoms with Crippen LogP contribution in [0, 0.1) is 0 Å². The van der Waals surface area contributed by atoms with E-state index in [0.29, 0.717) is 16.8 Å². The Labute approximate surface area is 221 Å². The van der Waals surface area contributed by atoms with Gasteiger partial charge in [-0.2, -0.15) is 11.3 Å². The summed E-state index contributed by atoms with van der Waals surface area (Å²) in [4.78, 5) is 38.3. The number of amides is 2. The van der Waals surface area contributed by atoms with E-state index in [1.165, 1.54) is 6.08 Å². The maximum absolute atomic E-state index is 13.1. The lowest BCUT2D eigenvalue weighted by atomic mass is 10.1. The molecule has 0 bridgehead atoms. The Bertz CT molecular complexity index is 1430. The van der Waals surface area contributed by atoms with Gasteiger partial charge in [-0.15, -0.1) is 0 Å². The van der Waals surface area contributed by atoms with E-state index >= 15 is 0 Å². The third-order valence-corrected chi connectivity index (χ3v) is 6.28. The van der Waals surface area contributed by atoms with Gasteiger partial charge in [-0.25, -0.2) is 0 Å². The third kappa shape index (κ3) is 6.97. The smallest absolute Gasteiger partial charge is 0.272 e. The highest BCUT2D eigenvalue weighted by molar-refractivity contribution is 9.10. The van der Waals surface area contributed by atoms with Crippen molar-refractivity contribution in [3.05, 3.63) is 134 Å².